The quantitative estimate of drug-likeness (QED) is 0.779. The maximum Gasteiger partial charge on any atom is 0.320 e. The molecule has 11 heteroatoms. The van der Waals surface area contributed by atoms with E-state index in [2.05, 4.69) is 9.71 Å². The summed E-state index contributed by atoms with van der Waals surface area (Å²) in [5.74, 6) is -0.205. The highest BCUT2D eigenvalue weighted by Gasteiger charge is 2.52. The van der Waals surface area contributed by atoms with Crippen molar-refractivity contribution in [2.45, 2.75) is 30.9 Å². The summed E-state index contributed by atoms with van der Waals surface area (Å²) < 4.78 is 44.6. The Morgan fingerprint density at radius 3 is 2.63 bits per heavy atom. The second-order valence-electron chi connectivity index (χ2n) is 7.33. The molecule has 0 aromatic carbocycles. The number of pyridine rings is 1. The van der Waals surface area contributed by atoms with E-state index >= 15 is 0 Å². The third-order valence-corrected chi connectivity index (χ3v) is 7.00. The Morgan fingerprint density at radius 2 is 2.04 bits per heavy atom. The van der Waals surface area contributed by atoms with Crippen LogP contribution < -0.4 is 9.46 Å². The average molecular weight is 419 g/mol. The molecule has 1 aromatic rings. The SMILES string of the molecule is O=C(N1CCC(Oc2ncc(F)cc2Cl)CC1)N1CC2(CCS(=O)(=O)N2)C1. The number of nitrogens with zero attached hydrogens (tertiary/aromatic N) is 3. The number of hydrogen-bond acceptors (Lipinski definition) is 5. The molecule has 8 nitrogen and oxygen atoms in total. The van der Waals surface area contributed by atoms with Crippen molar-refractivity contribution in [3.05, 3.63) is 23.1 Å². The monoisotopic (exact) mass is 418 g/mol. The molecule has 1 aromatic heterocycles. The maximum atomic E-state index is 13.0. The number of rotatable bonds is 2. The van der Waals surface area contributed by atoms with Crippen molar-refractivity contribution in [3.8, 4) is 5.88 Å². The zero-order chi connectivity index (χ0) is 19.2. The van der Waals surface area contributed by atoms with E-state index in [-0.39, 0.29) is 28.8 Å². The van der Waals surface area contributed by atoms with Gasteiger partial charge in [0.25, 0.3) is 0 Å². The number of urea groups is 1. The fraction of sp³-hybridized carbons (Fsp3) is 0.625. The van der Waals surface area contributed by atoms with Crippen LogP contribution in [0.4, 0.5) is 9.18 Å². The number of halogens is 2. The van der Waals surface area contributed by atoms with Gasteiger partial charge in [-0.25, -0.2) is 27.3 Å². The standard InChI is InChI=1S/C16H20ClFN4O4S/c17-13-7-11(18)8-19-14(13)26-12-1-4-21(5-2-12)15(23)22-9-16(10-22)3-6-27(24,25)20-16/h7-8,12,20H,1-6,9-10H2. The van der Waals surface area contributed by atoms with Crippen molar-refractivity contribution in [3.63, 3.8) is 0 Å². The number of hydrogen-bond donors (Lipinski definition) is 1. The lowest BCUT2D eigenvalue weighted by Gasteiger charge is -2.49. The van der Waals surface area contributed by atoms with E-state index in [1.165, 1.54) is 0 Å². The number of piperidine rings is 1. The molecule has 0 saturated carbocycles. The van der Waals surface area contributed by atoms with Crippen LogP contribution in [0, 0.1) is 5.82 Å². The van der Waals surface area contributed by atoms with Crippen LogP contribution in [-0.2, 0) is 10.0 Å². The lowest BCUT2D eigenvalue weighted by atomic mass is 9.88. The van der Waals surface area contributed by atoms with Gasteiger partial charge in [0.2, 0.25) is 15.9 Å². The number of aromatic nitrogens is 1. The lowest BCUT2D eigenvalue weighted by Crippen LogP contribution is -2.70. The van der Waals surface area contributed by atoms with E-state index in [0.29, 0.717) is 45.4 Å². The first kappa shape index (κ1) is 18.7. The molecular weight excluding hydrogens is 399 g/mol. The maximum absolute atomic E-state index is 13.0. The normalized spacial score (nSPS) is 24.1. The Kier molecular flexibility index (Phi) is 4.68. The van der Waals surface area contributed by atoms with Crippen LogP contribution in [0.25, 0.3) is 0 Å². The second kappa shape index (κ2) is 6.75. The van der Waals surface area contributed by atoms with Crippen molar-refractivity contribution >= 4 is 27.7 Å². The molecule has 1 spiro atoms. The molecule has 3 fully saturated rings. The van der Waals surface area contributed by atoms with Crippen molar-refractivity contribution in [1.82, 2.24) is 19.5 Å². The zero-order valence-corrected chi connectivity index (χ0v) is 16.1. The van der Waals surface area contributed by atoms with Gasteiger partial charge in [0.05, 0.1) is 17.5 Å². The predicted octanol–water partition coefficient (Wildman–Crippen LogP) is 1.21. The summed E-state index contributed by atoms with van der Waals surface area (Å²) in [6.07, 6.45) is 2.69. The number of likely N-dealkylation sites (tertiary alicyclic amines) is 2. The van der Waals surface area contributed by atoms with Crippen molar-refractivity contribution in [2.24, 2.45) is 0 Å². The van der Waals surface area contributed by atoms with E-state index in [9.17, 15) is 17.6 Å². The molecule has 27 heavy (non-hydrogen) atoms. The van der Waals surface area contributed by atoms with Gasteiger partial charge in [-0.3, -0.25) is 0 Å². The van der Waals surface area contributed by atoms with Crippen molar-refractivity contribution < 1.29 is 22.3 Å². The molecule has 3 saturated heterocycles. The van der Waals surface area contributed by atoms with Gasteiger partial charge in [0.15, 0.2) is 0 Å². The molecule has 4 heterocycles. The largest absolute Gasteiger partial charge is 0.473 e. The number of amides is 2. The zero-order valence-electron chi connectivity index (χ0n) is 14.5. The van der Waals surface area contributed by atoms with Crippen molar-refractivity contribution in [2.75, 3.05) is 31.9 Å². The third-order valence-electron chi connectivity index (χ3n) is 5.24. The fourth-order valence-electron chi connectivity index (χ4n) is 3.82. The molecule has 1 N–H and O–H groups in total. The van der Waals surface area contributed by atoms with E-state index in [4.69, 9.17) is 16.3 Å². The highest BCUT2D eigenvalue weighted by molar-refractivity contribution is 7.89. The molecule has 3 aliphatic rings. The van der Waals surface area contributed by atoms with Crippen LogP contribution in [0.2, 0.25) is 5.02 Å². The molecular formula is C16H20ClFN4O4S. The predicted molar refractivity (Wildman–Crippen MR) is 95.7 cm³/mol. The number of ether oxygens (including phenoxy) is 1. The van der Waals surface area contributed by atoms with Crippen LogP contribution in [0.5, 0.6) is 5.88 Å². The van der Waals surface area contributed by atoms with Crippen molar-refractivity contribution in [1.29, 1.82) is 0 Å². The number of carbonyl (C=O) groups is 1. The topological polar surface area (TPSA) is 91.8 Å². The van der Waals surface area contributed by atoms with Gasteiger partial charge in [0, 0.05) is 39.0 Å². The van der Waals surface area contributed by atoms with Crippen LogP contribution in [0.1, 0.15) is 19.3 Å². The summed E-state index contributed by atoms with van der Waals surface area (Å²) in [7, 11) is -3.19. The summed E-state index contributed by atoms with van der Waals surface area (Å²) in [4.78, 5) is 19.9. The van der Waals surface area contributed by atoms with Gasteiger partial charge in [-0.2, -0.15) is 0 Å². The Balaban J connectivity index is 1.27. The minimum absolute atomic E-state index is 0.0805. The Morgan fingerprint density at radius 1 is 1.33 bits per heavy atom. The first-order valence-electron chi connectivity index (χ1n) is 8.79. The van der Waals surface area contributed by atoms with Gasteiger partial charge >= 0.3 is 6.03 Å². The van der Waals surface area contributed by atoms with Crippen LogP contribution in [-0.4, -0.2) is 72.8 Å². The molecule has 4 rings (SSSR count). The van der Waals surface area contributed by atoms with Gasteiger partial charge in [0.1, 0.15) is 16.9 Å². The van der Waals surface area contributed by atoms with E-state index in [1.54, 1.807) is 9.80 Å². The van der Waals surface area contributed by atoms with Gasteiger partial charge in [-0.05, 0) is 12.5 Å². The number of sulfonamides is 1. The first-order chi connectivity index (χ1) is 12.8. The van der Waals surface area contributed by atoms with Crippen LogP contribution in [0.15, 0.2) is 12.3 Å². The minimum atomic E-state index is -3.19. The summed E-state index contributed by atoms with van der Waals surface area (Å²) in [6, 6.07) is 1.07. The lowest BCUT2D eigenvalue weighted by molar-refractivity contribution is 0.0483. The molecule has 2 amide bonds. The highest BCUT2D eigenvalue weighted by atomic mass is 35.5. The molecule has 0 aliphatic carbocycles. The molecule has 0 radical (unpaired) electrons. The smallest absolute Gasteiger partial charge is 0.320 e. The minimum Gasteiger partial charge on any atom is -0.473 e. The van der Waals surface area contributed by atoms with Gasteiger partial charge < -0.3 is 14.5 Å². The number of nitrogens with one attached hydrogen (secondary N) is 1. The summed E-state index contributed by atoms with van der Waals surface area (Å²) in [5.41, 5.74) is -0.471. The average Bonchev–Trinajstić information content (AvgIpc) is 2.92. The van der Waals surface area contributed by atoms with Gasteiger partial charge in [-0.15, -0.1) is 0 Å². The van der Waals surface area contributed by atoms with E-state index in [1.807, 2.05) is 0 Å². The number of carbonyl (C=O) groups excluding carboxylic acids is 1. The molecule has 0 atom stereocenters. The first-order valence-corrected chi connectivity index (χ1v) is 10.8. The van der Waals surface area contributed by atoms with E-state index in [0.717, 1.165) is 12.3 Å². The summed E-state index contributed by atoms with van der Waals surface area (Å²) >= 11 is 5.93. The van der Waals surface area contributed by atoms with Crippen LogP contribution >= 0.6 is 11.6 Å². The second-order valence-corrected chi connectivity index (χ2v) is 9.58. The third kappa shape index (κ3) is 3.83. The summed E-state index contributed by atoms with van der Waals surface area (Å²) in [5, 5.41) is 0.124. The fourth-order valence-corrected chi connectivity index (χ4v) is 5.67. The molecule has 0 bridgehead atoms. The molecule has 3 aliphatic heterocycles. The van der Waals surface area contributed by atoms with E-state index < -0.39 is 21.4 Å². The Labute approximate surface area is 161 Å². The van der Waals surface area contributed by atoms with Crippen LogP contribution in [0.3, 0.4) is 0 Å². The Bertz CT molecular complexity index is 854. The molecule has 148 valence electrons. The Hall–Kier alpha value is -1.65. The molecule has 0 unspecified atom stereocenters. The summed E-state index contributed by atoms with van der Waals surface area (Å²) in [6.45, 7) is 1.88. The van der Waals surface area contributed by atoms with Gasteiger partial charge in [-0.1, -0.05) is 11.6 Å². The highest BCUT2D eigenvalue weighted by Crippen LogP contribution is 2.32.